The highest BCUT2D eigenvalue weighted by Crippen LogP contribution is 2.21. The molecule has 3 heteroatoms. The van der Waals surface area contributed by atoms with Gasteiger partial charge in [0.1, 0.15) is 5.82 Å². The van der Waals surface area contributed by atoms with Gasteiger partial charge in [-0.2, -0.15) is 0 Å². The molecule has 3 rings (SSSR count). The number of benzene rings is 1. The average Bonchev–Trinajstić information content (AvgIpc) is 2.70. The van der Waals surface area contributed by atoms with E-state index in [1.54, 1.807) is 6.08 Å². The molecule has 0 amide bonds. The van der Waals surface area contributed by atoms with E-state index in [-0.39, 0.29) is 0 Å². The van der Waals surface area contributed by atoms with Crippen molar-refractivity contribution < 1.29 is 0 Å². The molecule has 0 spiro atoms. The number of aromatic nitrogens is 1. The minimum atomic E-state index is 1.03. The Bertz CT molecular complexity index is 648. The second kappa shape index (κ2) is 12.2. The number of hydrogen-bond donors (Lipinski definition) is 0. The number of pyridine rings is 1. The number of allylic oxidation sites excluding steroid dienone is 1. The van der Waals surface area contributed by atoms with Crippen molar-refractivity contribution in [3.05, 3.63) is 65.9 Å². The summed E-state index contributed by atoms with van der Waals surface area (Å²) in [6.45, 7) is 19.8. The van der Waals surface area contributed by atoms with Crippen LogP contribution in [-0.4, -0.2) is 31.2 Å². The summed E-state index contributed by atoms with van der Waals surface area (Å²) in [6, 6.07) is 13.3. The van der Waals surface area contributed by atoms with Crippen molar-refractivity contribution in [1.29, 1.82) is 0 Å². The van der Waals surface area contributed by atoms with Crippen molar-refractivity contribution in [2.24, 2.45) is 0 Å². The van der Waals surface area contributed by atoms with Crippen LogP contribution in [-0.2, 0) is 6.42 Å². The lowest BCUT2D eigenvalue weighted by molar-refractivity contribution is 0.646. The van der Waals surface area contributed by atoms with Gasteiger partial charge in [0.15, 0.2) is 0 Å². The number of nitrogens with zero attached hydrogens (tertiary/aromatic N) is 3. The Morgan fingerprint density at radius 2 is 1.48 bits per heavy atom. The van der Waals surface area contributed by atoms with Gasteiger partial charge >= 0.3 is 0 Å². The van der Waals surface area contributed by atoms with Gasteiger partial charge in [-0.25, -0.2) is 4.98 Å². The molecule has 148 valence electrons. The van der Waals surface area contributed by atoms with Crippen LogP contribution < -0.4 is 9.80 Å². The van der Waals surface area contributed by atoms with E-state index in [2.05, 4.69) is 78.5 Å². The third-order valence-corrected chi connectivity index (χ3v) is 4.40. The van der Waals surface area contributed by atoms with E-state index in [4.69, 9.17) is 0 Å². The van der Waals surface area contributed by atoms with Gasteiger partial charge in [-0.15, -0.1) is 6.58 Å². The summed E-state index contributed by atoms with van der Waals surface area (Å²) in [7, 11) is 0. The van der Waals surface area contributed by atoms with Crippen molar-refractivity contribution in [2.75, 3.05) is 36.0 Å². The first kappa shape index (κ1) is 22.8. The molecule has 0 N–H and O–H groups in total. The maximum Gasteiger partial charge on any atom is 0.129 e. The number of aryl methyl sites for hydroxylation is 3. The Labute approximate surface area is 166 Å². The molecule has 1 fully saturated rings. The van der Waals surface area contributed by atoms with Crippen LogP contribution in [0.4, 0.5) is 11.5 Å². The summed E-state index contributed by atoms with van der Waals surface area (Å²) < 4.78 is 0. The summed E-state index contributed by atoms with van der Waals surface area (Å²) >= 11 is 0. The van der Waals surface area contributed by atoms with Crippen molar-refractivity contribution in [1.82, 2.24) is 4.98 Å². The van der Waals surface area contributed by atoms with E-state index >= 15 is 0 Å². The van der Waals surface area contributed by atoms with E-state index in [9.17, 15) is 0 Å². The van der Waals surface area contributed by atoms with Crippen LogP contribution >= 0.6 is 0 Å². The van der Waals surface area contributed by atoms with Crippen molar-refractivity contribution in [2.45, 2.75) is 48.0 Å². The molecular weight excluding hydrogens is 330 g/mol. The van der Waals surface area contributed by atoms with Gasteiger partial charge in [-0.1, -0.05) is 39.0 Å². The molecule has 0 atom stereocenters. The molecule has 1 aromatic heterocycles. The van der Waals surface area contributed by atoms with Gasteiger partial charge in [0.25, 0.3) is 0 Å². The minimum Gasteiger partial charge on any atom is -0.368 e. The average molecular weight is 368 g/mol. The fourth-order valence-electron chi connectivity index (χ4n) is 3.12. The topological polar surface area (TPSA) is 19.4 Å². The predicted octanol–water partition coefficient (Wildman–Crippen LogP) is 5.81. The third kappa shape index (κ3) is 7.09. The zero-order chi connectivity index (χ0) is 20.2. The second-order valence-electron chi connectivity index (χ2n) is 6.55. The van der Waals surface area contributed by atoms with Gasteiger partial charge < -0.3 is 9.80 Å². The predicted molar refractivity (Wildman–Crippen MR) is 121 cm³/mol. The smallest absolute Gasteiger partial charge is 0.129 e. The Morgan fingerprint density at radius 1 is 0.963 bits per heavy atom. The molecule has 0 bridgehead atoms. The standard InChI is InChI=1S/C19H25N3.C3H6.C2H6/c1-4-17-5-7-18(8-6-17)21-9-11-22(12-10-21)19-14-15(2)13-16(3)20-19;1-3-2;1-2/h5-8,13-14H,4,9-12H2,1-3H3;3H,1H2,2H3;1-2H3. The van der Waals surface area contributed by atoms with Gasteiger partial charge in [0, 0.05) is 37.6 Å². The highest BCUT2D eigenvalue weighted by atomic mass is 15.3. The Hall–Kier alpha value is -2.29. The molecule has 1 aliphatic heterocycles. The molecular formula is C24H37N3. The first-order valence-electron chi connectivity index (χ1n) is 10.2. The van der Waals surface area contributed by atoms with Gasteiger partial charge in [-0.3, -0.25) is 0 Å². The SMILES string of the molecule is C=CC.CC.CCc1ccc(N2CCN(c3cc(C)cc(C)n3)CC2)cc1. The maximum atomic E-state index is 4.69. The Kier molecular flexibility index (Phi) is 10.2. The number of anilines is 2. The van der Waals surface area contributed by atoms with E-state index in [0.29, 0.717) is 0 Å². The lowest BCUT2D eigenvalue weighted by Gasteiger charge is -2.37. The molecule has 3 nitrogen and oxygen atoms in total. The normalized spacial score (nSPS) is 13.1. The van der Waals surface area contributed by atoms with Crippen molar-refractivity contribution in [3.63, 3.8) is 0 Å². The molecule has 1 aliphatic rings. The summed E-state index contributed by atoms with van der Waals surface area (Å²) in [6.07, 6.45) is 2.85. The monoisotopic (exact) mass is 367 g/mol. The summed E-state index contributed by atoms with van der Waals surface area (Å²) in [5, 5.41) is 0. The highest BCUT2D eigenvalue weighted by molar-refractivity contribution is 5.51. The first-order valence-corrected chi connectivity index (χ1v) is 10.2. The number of rotatable bonds is 3. The van der Waals surface area contributed by atoms with Gasteiger partial charge in [0.05, 0.1) is 0 Å². The van der Waals surface area contributed by atoms with E-state index < -0.39 is 0 Å². The van der Waals surface area contributed by atoms with Gasteiger partial charge in [0.2, 0.25) is 0 Å². The fourth-order valence-corrected chi connectivity index (χ4v) is 3.12. The van der Waals surface area contributed by atoms with Crippen LogP contribution in [0.15, 0.2) is 49.1 Å². The minimum absolute atomic E-state index is 1.03. The molecule has 2 aromatic rings. The summed E-state index contributed by atoms with van der Waals surface area (Å²) in [5.41, 5.74) is 5.14. The largest absolute Gasteiger partial charge is 0.368 e. The quantitative estimate of drug-likeness (QED) is 0.639. The Balaban J connectivity index is 0.000000665. The maximum absolute atomic E-state index is 4.69. The summed E-state index contributed by atoms with van der Waals surface area (Å²) in [5.74, 6) is 1.12. The van der Waals surface area contributed by atoms with Gasteiger partial charge in [-0.05, 0) is 62.6 Å². The molecule has 2 heterocycles. The van der Waals surface area contributed by atoms with Crippen molar-refractivity contribution >= 4 is 11.5 Å². The number of hydrogen-bond acceptors (Lipinski definition) is 3. The lowest BCUT2D eigenvalue weighted by atomic mass is 10.1. The molecule has 1 aromatic carbocycles. The van der Waals surface area contributed by atoms with Crippen LogP contribution in [0.3, 0.4) is 0 Å². The molecule has 0 saturated carbocycles. The molecule has 0 unspecified atom stereocenters. The highest BCUT2D eigenvalue weighted by Gasteiger charge is 2.18. The van der Waals surface area contributed by atoms with Crippen LogP contribution in [0.2, 0.25) is 0 Å². The molecule has 1 saturated heterocycles. The van der Waals surface area contributed by atoms with Crippen LogP contribution in [0.25, 0.3) is 0 Å². The number of piperazine rings is 1. The zero-order valence-corrected chi connectivity index (χ0v) is 18.1. The van der Waals surface area contributed by atoms with Crippen LogP contribution in [0.5, 0.6) is 0 Å². The van der Waals surface area contributed by atoms with Crippen LogP contribution in [0, 0.1) is 13.8 Å². The summed E-state index contributed by atoms with van der Waals surface area (Å²) in [4.78, 5) is 9.56. The molecule has 27 heavy (non-hydrogen) atoms. The third-order valence-electron chi connectivity index (χ3n) is 4.40. The van der Waals surface area contributed by atoms with Crippen LogP contribution in [0.1, 0.15) is 44.5 Å². The van der Waals surface area contributed by atoms with E-state index in [1.165, 1.54) is 16.8 Å². The Morgan fingerprint density at radius 3 is 1.96 bits per heavy atom. The fraction of sp³-hybridized carbons (Fsp3) is 0.458. The first-order chi connectivity index (χ1) is 13.1. The molecule has 0 aliphatic carbocycles. The van der Waals surface area contributed by atoms with E-state index in [0.717, 1.165) is 44.1 Å². The van der Waals surface area contributed by atoms with Crippen molar-refractivity contribution in [3.8, 4) is 0 Å². The van der Waals surface area contributed by atoms with E-state index in [1.807, 2.05) is 20.8 Å². The second-order valence-corrected chi connectivity index (χ2v) is 6.55. The molecule has 0 radical (unpaired) electrons. The lowest BCUT2D eigenvalue weighted by Crippen LogP contribution is -2.46. The zero-order valence-electron chi connectivity index (χ0n) is 18.1.